The lowest BCUT2D eigenvalue weighted by molar-refractivity contribution is 0.550. The lowest BCUT2D eigenvalue weighted by Gasteiger charge is -2.08. The molecule has 0 unspecified atom stereocenters. The van der Waals surface area contributed by atoms with E-state index in [4.69, 9.17) is 5.73 Å². The molecule has 1 aromatic rings. The van der Waals surface area contributed by atoms with Crippen LogP contribution < -0.4 is 11.1 Å². The second-order valence-electron chi connectivity index (χ2n) is 2.41. The maximum absolute atomic E-state index is 5.42. The van der Waals surface area contributed by atoms with Crippen LogP contribution in [0.4, 0.5) is 0 Å². The monoisotopic (exact) mass is 172 g/mol. The lowest BCUT2D eigenvalue weighted by Crippen LogP contribution is -2.32. The molecule has 0 bridgehead atoms. The van der Waals surface area contributed by atoms with Crippen LogP contribution in [-0.4, -0.2) is 22.2 Å². The molecule has 0 aliphatic carbocycles. The minimum Gasteiger partial charge on any atom is -0.329 e. The van der Waals surface area contributed by atoms with Crippen LogP contribution in [0.1, 0.15) is 12.6 Å². The quantitative estimate of drug-likeness (QED) is 0.669. The zero-order valence-electron chi connectivity index (χ0n) is 6.45. The number of nitrogens with zero attached hydrogens (tertiary/aromatic N) is 2. The SMILES string of the molecule is C[C@@H](CN)NCc1csnn1. The highest BCUT2D eigenvalue weighted by Gasteiger charge is 1.99. The highest BCUT2D eigenvalue weighted by atomic mass is 32.1. The molecule has 3 N–H and O–H groups in total. The van der Waals surface area contributed by atoms with Crippen molar-refractivity contribution in [3.8, 4) is 0 Å². The van der Waals surface area contributed by atoms with E-state index in [-0.39, 0.29) is 0 Å². The second-order valence-corrected chi connectivity index (χ2v) is 3.02. The zero-order valence-corrected chi connectivity index (χ0v) is 7.27. The summed E-state index contributed by atoms with van der Waals surface area (Å²) in [6.07, 6.45) is 0. The van der Waals surface area contributed by atoms with E-state index in [2.05, 4.69) is 14.9 Å². The number of hydrogen-bond acceptors (Lipinski definition) is 5. The van der Waals surface area contributed by atoms with E-state index < -0.39 is 0 Å². The molecule has 0 radical (unpaired) electrons. The molecule has 4 nitrogen and oxygen atoms in total. The minimum absolute atomic E-state index is 0.344. The Balaban J connectivity index is 2.23. The smallest absolute Gasteiger partial charge is 0.0893 e. The Morgan fingerprint density at radius 1 is 1.82 bits per heavy atom. The molecule has 62 valence electrons. The van der Waals surface area contributed by atoms with Crippen LogP contribution in [0.5, 0.6) is 0 Å². The van der Waals surface area contributed by atoms with Crippen LogP contribution in [0.3, 0.4) is 0 Å². The normalized spacial score (nSPS) is 13.3. The average Bonchev–Trinajstić information content (AvgIpc) is 2.52. The van der Waals surface area contributed by atoms with E-state index in [1.54, 1.807) is 0 Å². The van der Waals surface area contributed by atoms with Crippen LogP contribution in [0.25, 0.3) is 0 Å². The third kappa shape index (κ3) is 2.92. The van der Waals surface area contributed by atoms with Crippen LogP contribution in [0.2, 0.25) is 0 Å². The van der Waals surface area contributed by atoms with Crippen molar-refractivity contribution < 1.29 is 0 Å². The molecule has 1 rings (SSSR count). The third-order valence-corrected chi connectivity index (χ3v) is 1.94. The van der Waals surface area contributed by atoms with Gasteiger partial charge < -0.3 is 11.1 Å². The predicted molar refractivity (Wildman–Crippen MR) is 45.3 cm³/mol. The zero-order chi connectivity index (χ0) is 8.10. The first-order chi connectivity index (χ1) is 5.33. The number of aromatic nitrogens is 2. The summed E-state index contributed by atoms with van der Waals surface area (Å²) >= 11 is 1.37. The molecule has 0 amide bonds. The summed E-state index contributed by atoms with van der Waals surface area (Å²) in [4.78, 5) is 0. The Labute approximate surface area is 70.0 Å². The summed E-state index contributed by atoms with van der Waals surface area (Å²) in [6, 6.07) is 0.344. The van der Waals surface area contributed by atoms with E-state index in [1.165, 1.54) is 11.5 Å². The first kappa shape index (κ1) is 8.58. The van der Waals surface area contributed by atoms with Crippen molar-refractivity contribution in [1.29, 1.82) is 0 Å². The summed E-state index contributed by atoms with van der Waals surface area (Å²) in [5, 5.41) is 9.03. The van der Waals surface area contributed by atoms with Gasteiger partial charge in [0.25, 0.3) is 0 Å². The van der Waals surface area contributed by atoms with Crippen molar-refractivity contribution in [3.63, 3.8) is 0 Å². The van der Waals surface area contributed by atoms with Crippen molar-refractivity contribution in [2.24, 2.45) is 5.73 Å². The molecule has 1 heterocycles. The van der Waals surface area contributed by atoms with Crippen molar-refractivity contribution in [2.75, 3.05) is 6.54 Å². The molecule has 0 fully saturated rings. The molecule has 0 saturated carbocycles. The molecule has 0 aliphatic rings. The van der Waals surface area contributed by atoms with Gasteiger partial charge in [0.2, 0.25) is 0 Å². The fourth-order valence-electron chi connectivity index (χ4n) is 0.623. The van der Waals surface area contributed by atoms with Gasteiger partial charge in [0, 0.05) is 24.5 Å². The van der Waals surface area contributed by atoms with E-state index in [0.717, 1.165) is 12.2 Å². The van der Waals surface area contributed by atoms with Gasteiger partial charge >= 0.3 is 0 Å². The van der Waals surface area contributed by atoms with Gasteiger partial charge in [-0.1, -0.05) is 4.49 Å². The Bertz CT molecular complexity index is 186. The Kier molecular flexibility index (Phi) is 3.41. The first-order valence-electron chi connectivity index (χ1n) is 3.52. The summed E-state index contributed by atoms with van der Waals surface area (Å²) < 4.78 is 3.75. The van der Waals surface area contributed by atoms with Crippen LogP contribution in [0.15, 0.2) is 5.38 Å². The number of nitrogens with two attached hydrogens (primary N) is 1. The van der Waals surface area contributed by atoms with Gasteiger partial charge in [0.15, 0.2) is 0 Å². The molecule has 0 aromatic carbocycles. The van der Waals surface area contributed by atoms with Gasteiger partial charge in [-0.25, -0.2) is 0 Å². The van der Waals surface area contributed by atoms with Crippen molar-refractivity contribution >= 4 is 11.5 Å². The molecule has 1 aromatic heterocycles. The van der Waals surface area contributed by atoms with Gasteiger partial charge in [0.05, 0.1) is 5.69 Å². The summed E-state index contributed by atoms with van der Waals surface area (Å²) in [7, 11) is 0. The molecular formula is C6H12N4S. The predicted octanol–water partition coefficient (Wildman–Crippen LogP) is -0.0251. The second kappa shape index (κ2) is 4.38. The van der Waals surface area contributed by atoms with Gasteiger partial charge in [-0.05, 0) is 18.5 Å². The van der Waals surface area contributed by atoms with Crippen molar-refractivity contribution in [1.82, 2.24) is 14.9 Å². The maximum Gasteiger partial charge on any atom is 0.0893 e. The van der Waals surface area contributed by atoms with Crippen molar-refractivity contribution in [2.45, 2.75) is 19.5 Å². The lowest BCUT2D eigenvalue weighted by atomic mass is 10.3. The molecule has 0 aliphatic heterocycles. The summed E-state index contributed by atoms with van der Waals surface area (Å²) in [5.41, 5.74) is 6.40. The fraction of sp³-hybridized carbons (Fsp3) is 0.667. The Hall–Kier alpha value is -0.520. The van der Waals surface area contributed by atoms with Gasteiger partial charge in [-0.15, -0.1) is 5.10 Å². The molecule has 0 saturated heterocycles. The third-order valence-electron chi connectivity index (χ3n) is 1.39. The van der Waals surface area contributed by atoms with E-state index >= 15 is 0 Å². The van der Waals surface area contributed by atoms with Crippen LogP contribution in [-0.2, 0) is 6.54 Å². The van der Waals surface area contributed by atoms with Gasteiger partial charge in [-0.2, -0.15) is 0 Å². The largest absolute Gasteiger partial charge is 0.329 e. The Morgan fingerprint density at radius 3 is 3.18 bits per heavy atom. The Morgan fingerprint density at radius 2 is 2.64 bits per heavy atom. The van der Waals surface area contributed by atoms with E-state index in [1.807, 2.05) is 12.3 Å². The van der Waals surface area contributed by atoms with Crippen LogP contribution in [0, 0.1) is 0 Å². The average molecular weight is 172 g/mol. The van der Waals surface area contributed by atoms with Gasteiger partial charge in [-0.3, -0.25) is 0 Å². The van der Waals surface area contributed by atoms with Crippen molar-refractivity contribution in [3.05, 3.63) is 11.1 Å². The molecular weight excluding hydrogens is 160 g/mol. The standard InChI is InChI=1S/C6H12N4S/c1-5(2-7)8-3-6-4-11-10-9-6/h4-5,8H,2-3,7H2,1H3/t5-/m0/s1. The fourth-order valence-corrected chi connectivity index (χ4v) is 1.07. The summed E-state index contributed by atoms with van der Waals surface area (Å²) in [6.45, 7) is 3.45. The number of hydrogen-bond donors (Lipinski definition) is 2. The number of nitrogens with one attached hydrogen (secondary N) is 1. The first-order valence-corrected chi connectivity index (χ1v) is 4.36. The minimum atomic E-state index is 0.344. The summed E-state index contributed by atoms with van der Waals surface area (Å²) in [5.74, 6) is 0. The molecule has 1 atom stereocenters. The highest BCUT2D eigenvalue weighted by Crippen LogP contribution is 1.95. The molecule has 5 heteroatoms. The van der Waals surface area contributed by atoms with E-state index in [9.17, 15) is 0 Å². The van der Waals surface area contributed by atoms with Gasteiger partial charge in [0.1, 0.15) is 0 Å². The maximum atomic E-state index is 5.42. The molecule has 0 spiro atoms. The topological polar surface area (TPSA) is 63.8 Å². The molecule has 11 heavy (non-hydrogen) atoms. The number of rotatable bonds is 4. The highest BCUT2D eigenvalue weighted by molar-refractivity contribution is 7.03. The van der Waals surface area contributed by atoms with E-state index in [0.29, 0.717) is 12.6 Å². The van der Waals surface area contributed by atoms with Crippen LogP contribution >= 0.6 is 11.5 Å².